The summed E-state index contributed by atoms with van der Waals surface area (Å²) in [6.45, 7) is -0.185. The number of benzene rings is 2. The highest BCUT2D eigenvalue weighted by atomic mass is 79.9. The van der Waals surface area contributed by atoms with Gasteiger partial charge in [-0.05, 0) is 35.9 Å². The molecule has 0 aromatic heterocycles. The summed E-state index contributed by atoms with van der Waals surface area (Å²) in [5.41, 5.74) is 0.867. The van der Waals surface area contributed by atoms with Crippen LogP contribution in [0, 0.1) is 0 Å². The van der Waals surface area contributed by atoms with Crippen molar-refractivity contribution in [2.45, 2.75) is 11.5 Å². The molecule has 0 fully saturated rings. The van der Waals surface area contributed by atoms with Crippen molar-refractivity contribution in [2.75, 3.05) is 11.8 Å². The van der Waals surface area contributed by atoms with Crippen molar-refractivity contribution in [2.24, 2.45) is 0 Å². The van der Waals surface area contributed by atoms with Crippen molar-refractivity contribution >= 4 is 31.6 Å². The molecule has 0 bridgehead atoms. The van der Waals surface area contributed by atoms with Crippen LogP contribution in [0.15, 0.2) is 51.8 Å². The van der Waals surface area contributed by atoms with E-state index in [1.165, 1.54) is 25.3 Å². The highest BCUT2D eigenvalue weighted by Gasteiger charge is 2.17. The SMILES string of the molecule is COc1ccc(CO)cc1NS(=O)(=O)c1cccc(Br)c1. The minimum atomic E-state index is -3.74. The van der Waals surface area contributed by atoms with Crippen molar-refractivity contribution in [3.63, 3.8) is 0 Å². The van der Waals surface area contributed by atoms with Gasteiger partial charge in [-0.25, -0.2) is 8.42 Å². The number of aliphatic hydroxyl groups excluding tert-OH is 1. The number of methoxy groups -OCH3 is 1. The van der Waals surface area contributed by atoms with E-state index in [-0.39, 0.29) is 17.2 Å². The summed E-state index contributed by atoms with van der Waals surface area (Å²) in [6, 6.07) is 11.2. The van der Waals surface area contributed by atoms with Gasteiger partial charge in [0.05, 0.1) is 24.3 Å². The van der Waals surface area contributed by atoms with E-state index in [4.69, 9.17) is 9.84 Å². The lowest BCUT2D eigenvalue weighted by Crippen LogP contribution is -2.14. The highest BCUT2D eigenvalue weighted by molar-refractivity contribution is 9.10. The zero-order valence-electron chi connectivity index (χ0n) is 11.2. The van der Waals surface area contributed by atoms with E-state index in [1.807, 2.05) is 0 Å². The molecule has 2 aromatic rings. The summed E-state index contributed by atoms with van der Waals surface area (Å²) in [5.74, 6) is 0.380. The smallest absolute Gasteiger partial charge is 0.262 e. The Hall–Kier alpha value is -1.57. The summed E-state index contributed by atoms with van der Waals surface area (Å²) in [5, 5.41) is 9.15. The second-order valence-electron chi connectivity index (χ2n) is 4.26. The van der Waals surface area contributed by atoms with Gasteiger partial charge in [-0.15, -0.1) is 0 Å². The molecule has 2 N–H and O–H groups in total. The third-order valence-electron chi connectivity index (χ3n) is 2.80. The fourth-order valence-corrected chi connectivity index (χ4v) is 3.43. The van der Waals surface area contributed by atoms with Crippen LogP contribution < -0.4 is 9.46 Å². The molecule has 0 aliphatic heterocycles. The largest absolute Gasteiger partial charge is 0.495 e. The van der Waals surface area contributed by atoms with Crippen molar-refractivity contribution in [3.05, 3.63) is 52.5 Å². The molecule has 0 atom stereocenters. The molecule has 2 aromatic carbocycles. The van der Waals surface area contributed by atoms with Gasteiger partial charge in [0.15, 0.2) is 0 Å². The van der Waals surface area contributed by atoms with Gasteiger partial charge in [0.2, 0.25) is 0 Å². The second kappa shape index (κ2) is 6.46. The first-order valence-electron chi connectivity index (χ1n) is 6.02. The van der Waals surface area contributed by atoms with E-state index in [0.29, 0.717) is 15.8 Å². The first-order valence-corrected chi connectivity index (χ1v) is 8.30. The molecule has 0 aliphatic carbocycles. The number of sulfonamides is 1. The molecular weight excluding hydrogens is 358 g/mol. The summed E-state index contributed by atoms with van der Waals surface area (Å²) < 4.78 is 33.0. The van der Waals surface area contributed by atoms with E-state index in [0.717, 1.165) is 0 Å². The molecule has 21 heavy (non-hydrogen) atoms. The van der Waals surface area contributed by atoms with Crippen LogP contribution in [0.5, 0.6) is 5.75 Å². The Kier molecular flexibility index (Phi) is 4.87. The summed E-state index contributed by atoms with van der Waals surface area (Å²) in [7, 11) is -2.29. The van der Waals surface area contributed by atoms with Crippen LogP contribution in [0.3, 0.4) is 0 Å². The van der Waals surface area contributed by atoms with Crippen LogP contribution in [0.4, 0.5) is 5.69 Å². The molecule has 0 unspecified atom stereocenters. The number of rotatable bonds is 5. The van der Waals surface area contributed by atoms with Crippen molar-refractivity contribution in [1.82, 2.24) is 0 Å². The molecule has 0 spiro atoms. The Morgan fingerprint density at radius 1 is 1.24 bits per heavy atom. The molecule has 5 nitrogen and oxygen atoms in total. The second-order valence-corrected chi connectivity index (χ2v) is 6.85. The van der Waals surface area contributed by atoms with Gasteiger partial charge in [0.25, 0.3) is 10.0 Å². The van der Waals surface area contributed by atoms with E-state index < -0.39 is 10.0 Å². The molecule has 0 saturated heterocycles. The fraction of sp³-hybridized carbons (Fsp3) is 0.143. The normalized spacial score (nSPS) is 11.2. The molecule has 0 amide bonds. The average molecular weight is 372 g/mol. The molecule has 0 aliphatic rings. The molecule has 112 valence electrons. The van der Waals surface area contributed by atoms with Crippen LogP contribution in [0.25, 0.3) is 0 Å². The number of hydrogen-bond donors (Lipinski definition) is 2. The van der Waals surface area contributed by atoms with E-state index in [9.17, 15) is 8.42 Å². The zero-order valence-corrected chi connectivity index (χ0v) is 13.6. The maximum atomic E-state index is 12.4. The summed E-state index contributed by atoms with van der Waals surface area (Å²) in [4.78, 5) is 0.133. The predicted molar refractivity (Wildman–Crippen MR) is 83.9 cm³/mol. The lowest BCUT2D eigenvalue weighted by Gasteiger charge is -2.13. The first-order chi connectivity index (χ1) is 9.96. The minimum Gasteiger partial charge on any atom is -0.495 e. The van der Waals surface area contributed by atoms with Gasteiger partial charge < -0.3 is 9.84 Å². The number of halogens is 1. The molecule has 7 heteroatoms. The van der Waals surface area contributed by atoms with Crippen LogP contribution in [0.1, 0.15) is 5.56 Å². The van der Waals surface area contributed by atoms with Crippen molar-refractivity contribution < 1.29 is 18.3 Å². The lowest BCUT2D eigenvalue weighted by molar-refractivity contribution is 0.281. The van der Waals surface area contributed by atoms with Crippen molar-refractivity contribution in [1.29, 1.82) is 0 Å². The Labute approximate surface area is 131 Å². The Balaban J connectivity index is 2.40. The first kappa shape index (κ1) is 15.8. The van der Waals surface area contributed by atoms with Crippen LogP contribution in [-0.2, 0) is 16.6 Å². The Bertz CT molecular complexity index is 746. The fourth-order valence-electron chi connectivity index (χ4n) is 1.77. The third kappa shape index (κ3) is 3.75. The molecule has 2 rings (SSSR count). The van der Waals surface area contributed by atoms with Crippen LogP contribution in [0.2, 0.25) is 0 Å². The Morgan fingerprint density at radius 3 is 2.62 bits per heavy atom. The van der Waals surface area contributed by atoms with E-state index >= 15 is 0 Å². The maximum Gasteiger partial charge on any atom is 0.262 e. The van der Waals surface area contributed by atoms with Crippen LogP contribution >= 0.6 is 15.9 Å². The van der Waals surface area contributed by atoms with Gasteiger partial charge in [-0.2, -0.15) is 0 Å². The predicted octanol–water partition coefficient (Wildman–Crippen LogP) is 2.75. The zero-order chi connectivity index (χ0) is 15.5. The van der Waals surface area contributed by atoms with Crippen LogP contribution in [-0.4, -0.2) is 20.6 Å². The van der Waals surface area contributed by atoms with Gasteiger partial charge in [0.1, 0.15) is 5.75 Å². The lowest BCUT2D eigenvalue weighted by atomic mass is 10.2. The number of ether oxygens (including phenoxy) is 1. The Morgan fingerprint density at radius 2 is 2.00 bits per heavy atom. The highest BCUT2D eigenvalue weighted by Crippen LogP contribution is 2.28. The van der Waals surface area contributed by atoms with E-state index in [2.05, 4.69) is 20.7 Å². The standard InChI is InChI=1S/C14H14BrNO4S/c1-20-14-6-5-10(9-17)7-13(14)16-21(18,19)12-4-2-3-11(15)8-12/h2-8,16-17H,9H2,1H3. The summed E-state index contributed by atoms with van der Waals surface area (Å²) >= 11 is 3.24. The summed E-state index contributed by atoms with van der Waals surface area (Å²) in [6.07, 6.45) is 0. The minimum absolute atomic E-state index is 0.133. The monoisotopic (exact) mass is 371 g/mol. The van der Waals surface area contributed by atoms with Gasteiger partial charge in [-0.1, -0.05) is 28.1 Å². The maximum absolute atomic E-state index is 12.4. The number of nitrogens with one attached hydrogen (secondary N) is 1. The average Bonchev–Trinajstić information content (AvgIpc) is 2.46. The molecule has 0 heterocycles. The topological polar surface area (TPSA) is 75.6 Å². The molecule has 0 saturated carbocycles. The number of anilines is 1. The van der Waals surface area contributed by atoms with Gasteiger partial charge >= 0.3 is 0 Å². The van der Waals surface area contributed by atoms with E-state index in [1.54, 1.807) is 24.3 Å². The van der Waals surface area contributed by atoms with Gasteiger partial charge in [0, 0.05) is 4.47 Å². The number of hydrogen-bond acceptors (Lipinski definition) is 4. The third-order valence-corrected chi connectivity index (χ3v) is 4.65. The number of aliphatic hydroxyl groups is 1. The molecule has 0 radical (unpaired) electrons. The van der Waals surface area contributed by atoms with Gasteiger partial charge in [-0.3, -0.25) is 4.72 Å². The van der Waals surface area contributed by atoms with Crippen molar-refractivity contribution in [3.8, 4) is 5.75 Å². The molecular formula is C14H14BrNO4S. The quantitative estimate of drug-likeness (QED) is 0.846.